The molecule has 30 heavy (non-hydrogen) atoms. The van der Waals surface area contributed by atoms with Crippen LogP contribution in [0.2, 0.25) is 0 Å². The second-order valence-electron chi connectivity index (χ2n) is 8.19. The van der Waals surface area contributed by atoms with Gasteiger partial charge in [-0.1, -0.05) is 18.2 Å². The SMILES string of the molecule is Nc1ncnc2c1ccn2[C@@H]1C[C@H](CCCc2ccc3cccnc3c2)[C@@H](O)[C@H]1O. The van der Waals surface area contributed by atoms with Crippen LogP contribution in [0.3, 0.4) is 0 Å². The molecule has 5 rings (SSSR count). The zero-order chi connectivity index (χ0) is 20.7. The molecule has 7 nitrogen and oxygen atoms in total. The number of rotatable bonds is 5. The van der Waals surface area contributed by atoms with Gasteiger partial charge in [-0.3, -0.25) is 4.98 Å². The Kier molecular flexibility index (Phi) is 4.84. The van der Waals surface area contributed by atoms with Gasteiger partial charge in [-0.05, 0) is 55.4 Å². The summed E-state index contributed by atoms with van der Waals surface area (Å²) in [4.78, 5) is 12.8. The van der Waals surface area contributed by atoms with Crippen molar-refractivity contribution in [1.82, 2.24) is 19.5 Å². The average Bonchev–Trinajstić information content (AvgIpc) is 3.31. The number of nitrogens with two attached hydrogens (primary N) is 1. The van der Waals surface area contributed by atoms with Crippen LogP contribution in [0.25, 0.3) is 21.9 Å². The zero-order valence-electron chi connectivity index (χ0n) is 16.6. The first-order chi connectivity index (χ1) is 14.6. The van der Waals surface area contributed by atoms with E-state index in [1.807, 2.05) is 29.1 Å². The maximum Gasteiger partial charge on any atom is 0.145 e. The van der Waals surface area contributed by atoms with E-state index in [1.165, 1.54) is 11.9 Å². The number of hydrogen-bond acceptors (Lipinski definition) is 6. The summed E-state index contributed by atoms with van der Waals surface area (Å²) < 4.78 is 1.93. The molecule has 4 aromatic rings. The predicted molar refractivity (Wildman–Crippen MR) is 116 cm³/mol. The fraction of sp³-hybridized carbons (Fsp3) is 0.348. The molecule has 154 valence electrons. The predicted octanol–water partition coefficient (Wildman–Crippen LogP) is 2.87. The highest BCUT2D eigenvalue weighted by Crippen LogP contribution is 2.39. The van der Waals surface area contributed by atoms with E-state index in [0.717, 1.165) is 35.6 Å². The van der Waals surface area contributed by atoms with Crippen LogP contribution >= 0.6 is 0 Å². The molecule has 0 amide bonds. The molecule has 1 aliphatic rings. The number of anilines is 1. The van der Waals surface area contributed by atoms with Gasteiger partial charge >= 0.3 is 0 Å². The van der Waals surface area contributed by atoms with Gasteiger partial charge < -0.3 is 20.5 Å². The number of aliphatic hydroxyl groups is 2. The smallest absolute Gasteiger partial charge is 0.145 e. The molecule has 1 saturated carbocycles. The van der Waals surface area contributed by atoms with E-state index >= 15 is 0 Å². The Morgan fingerprint density at radius 3 is 2.87 bits per heavy atom. The highest BCUT2D eigenvalue weighted by molar-refractivity contribution is 5.86. The fourth-order valence-electron chi connectivity index (χ4n) is 4.76. The van der Waals surface area contributed by atoms with E-state index in [4.69, 9.17) is 5.73 Å². The highest BCUT2D eigenvalue weighted by atomic mass is 16.3. The first-order valence-corrected chi connectivity index (χ1v) is 10.4. The van der Waals surface area contributed by atoms with Gasteiger partial charge in [-0.2, -0.15) is 0 Å². The molecule has 0 saturated heterocycles. The van der Waals surface area contributed by atoms with Crippen molar-refractivity contribution in [3.63, 3.8) is 0 Å². The van der Waals surface area contributed by atoms with Crippen LogP contribution in [-0.2, 0) is 6.42 Å². The minimum absolute atomic E-state index is 0.0419. The van der Waals surface area contributed by atoms with Crippen LogP contribution in [-0.4, -0.2) is 41.9 Å². The van der Waals surface area contributed by atoms with Gasteiger partial charge in [0.1, 0.15) is 23.9 Å². The van der Waals surface area contributed by atoms with E-state index in [1.54, 1.807) is 0 Å². The molecule has 3 heterocycles. The summed E-state index contributed by atoms with van der Waals surface area (Å²) in [6.07, 6.45) is 6.97. The van der Waals surface area contributed by atoms with Crippen molar-refractivity contribution in [2.45, 2.75) is 43.9 Å². The van der Waals surface area contributed by atoms with Gasteiger partial charge in [-0.15, -0.1) is 0 Å². The van der Waals surface area contributed by atoms with Gasteiger partial charge in [0.15, 0.2) is 0 Å². The van der Waals surface area contributed by atoms with Crippen LogP contribution in [0.15, 0.2) is 55.1 Å². The summed E-state index contributed by atoms with van der Waals surface area (Å²) in [5.74, 6) is 0.466. The van der Waals surface area contributed by atoms with Crippen molar-refractivity contribution in [1.29, 1.82) is 0 Å². The molecule has 1 aromatic carbocycles. The van der Waals surface area contributed by atoms with Crippen molar-refractivity contribution in [3.05, 3.63) is 60.7 Å². The standard InChI is InChI=1S/C23H25N5O2/c24-22-17-8-10-28(23(17)27-13-26-22)19-12-16(20(29)21(19)30)4-1-3-14-6-7-15-5-2-9-25-18(15)11-14/h2,5-11,13,16,19-21,29-30H,1,3-4,12H2,(H2,24,26,27)/t16-,19+,20+,21-/m0/s1. The second kappa shape index (κ2) is 7.66. The first kappa shape index (κ1) is 19.0. The normalized spacial score (nSPS) is 24.1. The van der Waals surface area contributed by atoms with Crippen LogP contribution in [0.1, 0.15) is 30.9 Å². The summed E-state index contributed by atoms with van der Waals surface area (Å²) >= 11 is 0. The number of aromatic nitrogens is 4. The maximum atomic E-state index is 10.7. The number of hydrogen-bond donors (Lipinski definition) is 3. The van der Waals surface area contributed by atoms with Gasteiger partial charge in [0.25, 0.3) is 0 Å². The van der Waals surface area contributed by atoms with Gasteiger partial charge in [0.05, 0.1) is 23.0 Å². The summed E-state index contributed by atoms with van der Waals surface area (Å²) in [6, 6.07) is 12.0. The number of aryl methyl sites for hydroxylation is 1. The van der Waals surface area contributed by atoms with Crippen molar-refractivity contribution < 1.29 is 10.2 Å². The number of pyridine rings is 1. The quantitative estimate of drug-likeness (QED) is 0.473. The first-order valence-electron chi connectivity index (χ1n) is 10.4. The largest absolute Gasteiger partial charge is 0.390 e. The molecule has 0 aliphatic heterocycles. The Hall–Kier alpha value is -3.03. The van der Waals surface area contributed by atoms with Gasteiger partial charge in [0.2, 0.25) is 0 Å². The number of nitrogen functional groups attached to an aromatic ring is 1. The van der Waals surface area contributed by atoms with Gasteiger partial charge in [0, 0.05) is 17.8 Å². The minimum Gasteiger partial charge on any atom is -0.390 e. The third-order valence-corrected chi connectivity index (χ3v) is 6.38. The van der Waals surface area contributed by atoms with Crippen LogP contribution in [0.4, 0.5) is 5.82 Å². The lowest BCUT2D eigenvalue weighted by Gasteiger charge is -2.19. The monoisotopic (exact) mass is 403 g/mol. The van der Waals surface area contributed by atoms with E-state index in [9.17, 15) is 10.2 Å². The molecule has 4 atom stereocenters. The summed E-state index contributed by atoms with van der Waals surface area (Å²) in [6.45, 7) is 0. The molecule has 1 fully saturated rings. The molecule has 0 radical (unpaired) electrons. The second-order valence-corrected chi connectivity index (χ2v) is 8.19. The average molecular weight is 403 g/mol. The van der Waals surface area contributed by atoms with Gasteiger partial charge in [-0.25, -0.2) is 9.97 Å². The molecule has 0 bridgehead atoms. The number of nitrogens with zero attached hydrogens (tertiary/aromatic N) is 4. The minimum atomic E-state index is -0.827. The number of aliphatic hydroxyl groups excluding tert-OH is 2. The van der Waals surface area contributed by atoms with Crippen molar-refractivity contribution in [2.75, 3.05) is 5.73 Å². The molecule has 0 unspecified atom stereocenters. The lowest BCUT2D eigenvalue weighted by molar-refractivity contribution is 0.00511. The Balaban J connectivity index is 1.27. The molecule has 3 aromatic heterocycles. The molecule has 7 heteroatoms. The zero-order valence-corrected chi connectivity index (χ0v) is 16.6. The molecule has 0 spiro atoms. The lowest BCUT2D eigenvalue weighted by Crippen LogP contribution is -2.29. The Labute approximate surface area is 174 Å². The topological polar surface area (TPSA) is 110 Å². The Morgan fingerprint density at radius 1 is 1.07 bits per heavy atom. The molecular formula is C23H25N5O2. The summed E-state index contributed by atoms with van der Waals surface area (Å²) in [5.41, 5.74) is 8.88. The Morgan fingerprint density at radius 2 is 1.97 bits per heavy atom. The van der Waals surface area contributed by atoms with Crippen LogP contribution < -0.4 is 5.73 Å². The summed E-state index contributed by atoms with van der Waals surface area (Å²) in [5, 5.41) is 23.3. The van der Waals surface area contributed by atoms with Crippen molar-refractivity contribution in [2.24, 2.45) is 5.92 Å². The lowest BCUT2D eigenvalue weighted by atomic mass is 9.96. The van der Waals surface area contributed by atoms with E-state index in [2.05, 4.69) is 39.2 Å². The number of fused-ring (bicyclic) bond motifs is 2. The van der Waals surface area contributed by atoms with E-state index < -0.39 is 12.2 Å². The molecule has 4 N–H and O–H groups in total. The fourth-order valence-corrected chi connectivity index (χ4v) is 4.76. The number of benzene rings is 1. The third-order valence-electron chi connectivity index (χ3n) is 6.38. The Bertz CT molecular complexity index is 1190. The molecular weight excluding hydrogens is 378 g/mol. The molecule has 1 aliphatic carbocycles. The van der Waals surface area contributed by atoms with E-state index in [-0.39, 0.29) is 12.0 Å². The van der Waals surface area contributed by atoms with Crippen molar-refractivity contribution in [3.8, 4) is 0 Å². The maximum absolute atomic E-state index is 10.7. The highest BCUT2D eigenvalue weighted by Gasteiger charge is 2.42. The van der Waals surface area contributed by atoms with Crippen molar-refractivity contribution >= 4 is 27.8 Å². The van der Waals surface area contributed by atoms with Crippen LogP contribution in [0, 0.1) is 5.92 Å². The third kappa shape index (κ3) is 3.30. The van der Waals surface area contributed by atoms with Crippen LogP contribution in [0.5, 0.6) is 0 Å². The summed E-state index contributed by atoms with van der Waals surface area (Å²) in [7, 11) is 0. The van der Waals surface area contributed by atoms with E-state index in [0.29, 0.717) is 17.9 Å².